The first-order valence-electron chi connectivity index (χ1n) is 18.1. The number of benzene rings is 8. The van der Waals surface area contributed by atoms with Gasteiger partial charge in [-0.1, -0.05) is 133 Å². The van der Waals surface area contributed by atoms with Gasteiger partial charge in [0.1, 0.15) is 5.58 Å². The first-order valence-corrected chi connectivity index (χ1v) is 18.1. The molecule has 0 N–H and O–H groups in total. The molecule has 3 heterocycles. The molecule has 11 rings (SSSR count). The van der Waals surface area contributed by atoms with E-state index in [0.29, 0.717) is 0 Å². The number of rotatable bonds is 5. The fourth-order valence-electron chi connectivity index (χ4n) is 8.23. The Hall–Kier alpha value is -7.10. The Morgan fingerprint density at radius 2 is 0.792 bits per heavy atom. The molecule has 0 saturated heterocycles. The molecule has 248 valence electrons. The molecule has 0 saturated carbocycles. The molecule has 0 aliphatic carbocycles. The maximum absolute atomic E-state index is 6.52. The summed E-state index contributed by atoms with van der Waals surface area (Å²) in [5.74, 6) is 0. The summed E-state index contributed by atoms with van der Waals surface area (Å²) < 4.78 is 11.2. The van der Waals surface area contributed by atoms with E-state index in [0.717, 1.165) is 50.1 Å². The lowest BCUT2D eigenvalue weighted by Crippen LogP contribution is -1.94. The summed E-state index contributed by atoms with van der Waals surface area (Å²) in [6, 6.07) is 69.7. The smallest absolute Gasteiger partial charge is 0.213 e. The molecule has 3 heteroatoms. The number of fused-ring (bicyclic) bond motifs is 8. The first-order chi connectivity index (χ1) is 26.3. The first kappa shape index (κ1) is 29.6. The van der Waals surface area contributed by atoms with Crippen molar-refractivity contribution in [2.75, 3.05) is 0 Å². The van der Waals surface area contributed by atoms with E-state index in [4.69, 9.17) is 4.42 Å². The minimum atomic E-state index is 0.872. The van der Waals surface area contributed by atoms with Crippen molar-refractivity contribution < 1.29 is 4.42 Å². The Balaban J connectivity index is 1.06. The third-order valence-electron chi connectivity index (χ3n) is 10.7. The normalized spacial score (nSPS) is 11.8. The zero-order valence-electron chi connectivity index (χ0n) is 28.8. The van der Waals surface area contributed by atoms with Crippen LogP contribution in [0.3, 0.4) is 0 Å². The van der Waals surface area contributed by atoms with Crippen LogP contribution in [0.15, 0.2) is 199 Å². The van der Waals surface area contributed by atoms with Crippen molar-refractivity contribution >= 4 is 54.8 Å². The fourth-order valence-corrected chi connectivity index (χ4v) is 8.23. The standard InChI is InChI=1S/C50H32N2O/c1-4-12-33(13-5-1)36-23-28-45-43(30-36)44-31-37(34-14-6-2-7-15-34)24-29-46(44)51(45)40-25-20-35(21-26-40)38-22-27-41-47(32-38)52(39-16-8-3-9-17-39)50-49(41)42-18-10-11-19-48(42)53-50/h1-32H. The molecule has 3 nitrogen and oxygen atoms in total. The minimum Gasteiger partial charge on any atom is -0.439 e. The summed E-state index contributed by atoms with van der Waals surface area (Å²) in [6.45, 7) is 0. The highest BCUT2D eigenvalue weighted by Gasteiger charge is 2.20. The summed E-state index contributed by atoms with van der Waals surface area (Å²) in [7, 11) is 0. The van der Waals surface area contributed by atoms with Crippen molar-refractivity contribution in [2.24, 2.45) is 0 Å². The second kappa shape index (κ2) is 11.7. The van der Waals surface area contributed by atoms with Crippen LogP contribution in [-0.4, -0.2) is 9.13 Å². The Morgan fingerprint density at radius 1 is 0.302 bits per heavy atom. The molecule has 0 radical (unpaired) electrons. The number of hydrogen-bond acceptors (Lipinski definition) is 1. The van der Waals surface area contributed by atoms with Gasteiger partial charge in [-0.25, -0.2) is 0 Å². The molecule has 0 spiro atoms. The zero-order chi connectivity index (χ0) is 34.9. The lowest BCUT2D eigenvalue weighted by molar-refractivity contribution is 0.645. The highest BCUT2D eigenvalue weighted by atomic mass is 16.3. The van der Waals surface area contributed by atoms with E-state index in [-0.39, 0.29) is 0 Å². The van der Waals surface area contributed by atoms with Crippen molar-refractivity contribution in [1.29, 1.82) is 0 Å². The number of nitrogens with zero attached hydrogens (tertiary/aromatic N) is 2. The second-order valence-electron chi connectivity index (χ2n) is 13.8. The van der Waals surface area contributed by atoms with Crippen molar-refractivity contribution in [3.63, 3.8) is 0 Å². The monoisotopic (exact) mass is 676 g/mol. The molecule has 8 aromatic carbocycles. The van der Waals surface area contributed by atoms with E-state index in [2.05, 4.69) is 191 Å². The fraction of sp³-hybridized carbons (Fsp3) is 0. The van der Waals surface area contributed by atoms with Gasteiger partial charge in [-0.2, -0.15) is 0 Å². The van der Waals surface area contributed by atoms with Gasteiger partial charge >= 0.3 is 0 Å². The largest absolute Gasteiger partial charge is 0.439 e. The van der Waals surface area contributed by atoms with Crippen LogP contribution in [-0.2, 0) is 0 Å². The van der Waals surface area contributed by atoms with Crippen LogP contribution in [0.4, 0.5) is 0 Å². The third-order valence-corrected chi connectivity index (χ3v) is 10.7. The van der Waals surface area contributed by atoms with Gasteiger partial charge in [-0.15, -0.1) is 0 Å². The molecule has 3 aromatic heterocycles. The summed E-state index contributed by atoms with van der Waals surface area (Å²) in [4.78, 5) is 0. The molecule has 0 atom stereocenters. The van der Waals surface area contributed by atoms with Gasteiger partial charge in [0.2, 0.25) is 5.71 Å². The molecule has 0 aliphatic rings. The van der Waals surface area contributed by atoms with Gasteiger partial charge in [0.05, 0.1) is 21.9 Å². The van der Waals surface area contributed by atoms with Crippen molar-refractivity contribution in [2.45, 2.75) is 0 Å². The quantitative estimate of drug-likeness (QED) is 0.178. The average molecular weight is 677 g/mol. The third kappa shape index (κ3) is 4.68. The van der Waals surface area contributed by atoms with Crippen LogP contribution < -0.4 is 0 Å². The molecule has 0 fully saturated rings. The molecule has 0 bridgehead atoms. The molecule has 0 unspecified atom stereocenters. The Bertz CT molecular complexity index is 3030. The molecular formula is C50H32N2O. The molecule has 0 amide bonds. The van der Waals surface area contributed by atoms with Crippen molar-refractivity contribution in [3.8, 4) is 44.8 Å². The number of aromatic nitrogens is 2. The SMILES string of the molecule is c1ccc(-c2ccc3c(c2)c2cc(-c4ccccc4)ccc2n3-c2ccc(-c3ccc4c5c6ccccc6oc5n(-c5ccccc5)c4c3)cc2)cc1. The van der Waals surface area contributed by atoms with Gasteiger partial charge < -0.3 is 8.98 Å². The molecule has 0 aliphatic heterocycles. The molecule has 11 aromatic rings. The van der Waals surface area contributed by atoms with Crippen LogP contribution in [0, 0.1) is 0 Å². The van der Waals surface area contributed by atoms with Crippen molar-refractivity contribution in [1.82, 2.24) is 9.13 Å². The molecule has 53 heavy (non-hydrogen) atoms. The van der Waals surface area contributed by atoms with Gasteiger partial charge in [-0.3, -0.25) is 4.57 Å². The maximum Gasteiger partial charge on any atom is 0.213 e. The number of hydrogen-bond donors (Lipinski definition) is 0. The van der Waals surface area contributed by atoms with Crippen LogP contribution in [0.5, 0.6) is 0 Å². The van der Waals surface area contributed by atoms with Crippen molar-refractivity contribution in [3.05, 3.63) is 194 Å². The van der Waals surface area contributed by atoms with E-state index in [1.165, 1.54) is 49.4 Å². The summed E-state index contributed by atoms with van der Waals surface area (Å²) in [5, 5.41) is 5.96. The Kier molecular flexibility index (Phi) is 6.55. The summed E-state index contributed by atoms with van der Waals surface area (Å²) in [6.07, 6.45) is 0. The van der Waals surface area contributed by atoms with E-state index >= 15 is 0 Å². The highest BCUT2D eigenvalue weighted by Crippen LogP contribution is 2.41. The zero-order valence-corrected chi connectivity index (χ0v) is 28.8. The van der Waals surface area contributed by atoms with E-state index in [1.54, 1.807) is 0 Å². The van der Waals surface area contributed by atoms with Crippen LogP contribution in [0.25, 0.3) is 99.5 Å². The number of furan rings is 1. The van der Waals surface area contributed by atoms with E-state index < -0.39 is 0 Å². The van der Waals surface area contributed by atoms with E-state index in [1.807, 2.05) is 12.1 Å². The van der Waals surface area contributed by atoms with Gasteiger partial charge in [-0.05, 0) is 94.0 Å². The summed E-state index contributed by atoms with van der Waals surface area (Å²) >= 11 is 0. The maximum atomic E-state index is 6.52. The lowest BCUT2D eigenvalue weighted by atomic mass is 10.0. The summed E-state index contributed by atoms with van der Waals surface area (Å²) in [5.41, 5.74) is 14.7. The Morgan fingerprint density at radius 3 is 1.43 bits per heavy atom. The van der Waals surface area contributed by atoms with Crippen LogP contribution >= 0.6 is 0 Å². The topological polar surface area (TPSA) is 23.0 Å². The second-order valence-corrected chi connectivity index (χ2v) is 13.8. The van der Waals surface area contributed by atoms with Gasteiger partial charge in [0.25, 0.3) is 0 Å². The van der Waals surface area contributed by atoms with Gasteiger partial charge in [0, 0.05) is 32.9 Å². The van der Waals surface area contributed by atoms with Crippen LogP contribution in [0.2, 0.25) is 0 Å². The van der Waals surface area contributed by atoms with Crippen LogP contribution in [0.1, 0.15) is 0 Å². The molecular weight excluding hydrogens is 645 g/mol. The minimum absolute atomic E-state index is 0.872. The predicted molar refractivity (Wildman–Crippen MR) is 221 cm³/mol. The number of para-hydroxylation sites is 2. The Labute approximate surface area is 306 Å². The van der Waals surface area contributed by atoms with Gasteiger partial charge in [0.15, 0.2) is 0 Å². The highest BCUT2D eigenvalue weighted by molar-refractivity contribution is 6.20. The lowest BCUT2D eigenvalue weighted by Gasteiger charge is -2.11. The predicted octanol–water partition coefficient (Wildman–Crippen LogP) is 13.6. The average Bonchev–Trinajstić information content (AvgIpc) is 3.88. The van der Waals surface area contributed by atoms with E-state index in [9.17, 15) is 0 Å².